The summed E-state index contributed by atoms with van der Waals surface area (Å²) in [6.07, 6.45) is 7.47. The van der Waals surface area contributed by atoms with Crippen LogP contribution in [0.4, 0.5) is 4.79 Å². The minimum Gasteiger partial charge on any atom is -0.374 e. The van der Waals surface area contributed by atoms with E-state index in [4.69, 9.17) is 4.74 Å². The third-order valence-electron chi connectivity index (χ3n) is 4.91. The number of fused-ring (bicyclic) bond motifs is 1. The Balaban J connectivity index is 1.67. The third-order valence-corrected chi connectivity index (χ3v) is 4.91. The van der Waals surface area contributed by atoms with Crippen LogP contribution in [-0.4, -0.2) is 54.2 Å². The van der Waals surface area contributed by atoms with Gasteiger partial charge in [0.05, 0.1) is 18.8 Å². The van der Waals surface area contributed by atoms with Gasteiger partial charge in [0.2, 0.25) is 0 Å². The molecule has 1 saturated carbocycles. The molecular weight excluding hydrogens is 240 g/mol. The first-order valence-electron chi connectivity index (χ1n) is 7.93. The first-order valence-corrected chi connectivity index (χ1v) is 7.93. The molecule has 0 aromatic heterocycles. The molecule has 3 rings (SSSR count). The van der Waals surface area contributed by atoms with Crippen LogP contribution in [0, 0.1) is 5.92 Å². The van der Waals surface area contributed by atoms with Crippen molar-refractivity contribution >= 4 is 6.03 Å². The minimum absolute atomic E-state index is 0.270. The molecule has 3 fully saturated rings. The number of nitrogens with zero attached hydrogens (tertiary/aromatic N) is 2. The maximum atomic E-state index is 12.7. The molecule has 0 bridgehead atoms. The fraction of sp³-hybridized carbons (Fsp3) is 0.933. The highest BCUT2D eigenvalue weighted by atomic mass is 16.5. The summed E-state index contributed by atoms with van der Waals surface area (Å²) in [6.45, 7) is 5.63. The first kappa shape index (κ1) is 13.2. The fourth-order valence-corrected chi connectivity index (χ4v) is 3.88. The van der Waals surface area contributed by atoms with E-state index in [-0.39, 0.29) is 6.03 Å². The van der Waals surface area contributed by atoms with Gasteiger partial charge in [0.15, 0.2) is 0 Å². The summed E-state index contributed by atoms with van der Waals surface area (Å²) in [5, 5.41) is 0. The number of hydrogen-bond donors (Lipinski definition) is 0. The molecule has 19 heavy (non-hydrogen) atoms. The summed E-state index contributed by atoms with van der Waals surface area (Å²) in [5.41, 5.74) is 0. The second-order valence-electron chi connectivity index (χ2n) is 6.43. The van der Waals surface area contributed by atoms with Gasteiger partial charge in [0.25, 0.3) is 0 Å². The molecule has 4 heteroatoms. The van der Waals surface area contributed by atoms with Gasteiger partial charge in [-0.2, -0.15) is 0 Å². The van der Waals surface area contributed by atoms with Gasteiger partial charge < -0.3 is 14.5 Å². The van der Waals surface area contributed by atoms with Crippen molar-refractivity contribution in [1.29, 1.82) is 0 Å². The van der Waals surface area contributed by atoms with Gasteiger partial charge in [-0.1, -0.05) is 19.8 Å². The summed E-state index contributed by atoms with van der Waals surface area (Å²) in [7, 11) is 0. The molecule has 3 aliphatic rings. The lowest BCUT2D eigenvalue weighted by molar-refractivity contribution is -0.0762. The Morgan fingerprint density at radius 2 is 1.95 bits per heavy atom. The Bertz CT molecular complexity index is 332. The van der Waals surface area contributed by atoms with E-state index in [9.17, 15) is 4.79 Å². The molecule has 2 saturated heterocycles. The van der Waals surface area contributed by atoms with Crippen LogP contribution >= 0.6 is 0 Å². The summed E-state index contributed by atoms with van der Waals surface area (Å²) in [6, 6.07) is 0.610. The molecule has 0 N–H and O–H groups in total. The van der Waals surface area contributed by atoms with Crippen LogP contribution < -0.4 is 0 Å². The molecule has 0 aromatic carbocycles. The number of amides is 2. The van der Waals surface area contributed by atoms with Gasteiger partial charge in [-0.3, -0.25) is 0 Å². The normalized spacial score (nSPS) is 35.9. The Labute approximate surface area is 116 Å². The standard InChI is InChI=1S/C15H26N2O2/c1-12-5-4-8-16(11-12)15(18)17-9-10-19-14-7-3-2-6-13(14)17/h12-14H,2-11H2,1H3. The summed E-state index contributed by atoms with van der Waals surface area (Å²) < 4.78 is 5.86. The van der Waals surface area contributed by atoms with E-state index in [2.05, 4.69) is 16.7 Å². The molecule has 0 aromatic rings. The molecule has 2 amide bonds. The van der Waals surface area contributed by atoms with Crippen LogP contribution in [0.25, 0.3) is 0 Å². The predicted octanol–water partition coefficient (Wildman–Crippen LogP) is 2.48. The smallest absolute Gasteiger partial charge is 0.320 e. The summed E-state index contributed by atoms with van der Waals surface area (Å²) in [4.78, 5) is 16.9. The van der Waals surface area contributed by atoms with E-state index in [0.717, 1.165) is 45.5 Å². The number of carbonyl (C=O) groups is 1. The van der Waals surface area contributed by atoms with Crippen molar-refractivity contribution in [2.24, 2.45) is 5.92 Å². The van der Waals surface area contributed by atoms with Crippen molar-refractivity contribution in [2.75, 3.05) is 26.2 Å². The second kappa shape index (κ2) is 5.70. The monoisotopic (exact) mass is 266 g/mol. The zero-order chi connectivity index (χ0) is 13.2. The summed E-state index contributed by atoms with van der Waals surface area (Å²) >= 11 is 0. The van der Waals surface area contributed by atoms with Crippen molar-refractivity contribution in [3.63, 3.8) is 0 Å². The zero-order valence-corrected chi connectivity index (χ0v) is 12.0. The number of carbonyl (C=O) groups excluding carboxylic acids is 1. The van der Waals surface area contributed by atoms with E-state index in [1.54, 1.807) is 0 Å². The van der Waals surface area contributed by atoms with Gasteiger partial charge in [-0.05, 0) is 31.6 Å². The highest BCUT2D eigenvalue weighted by Gasteiger charge is 2.38. The van der Waals surface area contributed by atoms with Crippen LogP contribution in [0.15, 0.2) is 0 Å². The van der Waals surface area contributed by atoms with E-state index in [1.165, 1.54) is 19.3 Å². The van der Waals surface area contributed by atoms with Crippen LogP contribution in [0.3, 0.4) is 0 Å². The molecule has 0 radical (unpaired) electrons. The summed E-state index contributed by atoms with van der Waals surface area (Å²) in [5.74, 6) is 0.654. The highest BCUT2D eigenvalue weighted by molar-refractivity contribution is 5.75. The number of morpholine rings is 1. The molecule has 2 heterocycles. The predicted molar refractivity (Wildman–Crippen MR) is 74.1 cm³/mol. The lowest BCUT2D eigenvalue weighted by Gasteiger charge is -2.46. The Morgan fingerprint density at radius 3 is 2.79 bits per heavy atom. The molecule has 0 spiro atoms. The number of piperidine rings is 1. The van der Waals surface area contributed by atoms with E-state index < -0.39 is 0 Å². The van der Waals surface area contributed by atoms with Gasteiger partial charge >= 0.3 is 6.03 Å². The van der Waals surface area contributed by atoms with Gasteiger partial charge in [0.1, 0.15) is 0 Å². The molecule has 3 atom stereocenters. The zero-order valence-electron chi connectivity index (χ0n) is 12.0. The lowest BCUT2D eigenvalue weighted by Crippen LogP contribution is -2.59. The number of ether oxygens (including phenoxy) is 1. The number of urea groups is 1. The van der Waals surface area contributed by atoms with E-state index in [0.29, 0.717) is 18.1 Å². The van der Waals surface area contributed by atoms with Gasteiger partial charge in [-0.15, -0.1) is 0 Å². The average Bonchev–Trinajstić information content (AvgIpc) is 2.46. The molecule has 1 aliphatic carbocycles. The highest BCUT2D eigenvalue weighted by Crippen LogP contribution is 2.29. The second-order valence-corrected chi connectivity index (χ2v) is 6.43. The Hall–Kier alpha value is -0.770. The number of likely N-dealkylation sites (tertiary alicyclic amines) is 1. The quantitative estimate of drug-likeness (QED) is 0.675. The van der Waals surface area contributed by atoms with Crippen LogP contribution in [-0.2, 0) is 4.74 Å². The Morgan fingerprint density at radius 1 is 1.11 bits per heavy atom. The Kier molecular flexibility index (Phi) is 3.96. The molecular formula is C15H26N2O2. The van der Waals surface area contributed by atoms with Crippen molar-refractivity contribution in [2.45, 2.75) is 57.6 Å². The van der Waals surface area contributed by atoms with Crippen molar-refractivity contribution in [1.82, 2.24) is 9.80 Å². The van der Waals surface area contributed by atoms with Gasteiger partial charge in [0, 0.05) is 19.6 Å². The maximum absolute atomic E-state index is 12.7. The molecule has 3 unspecified atom stereocenters. The van der Waals surface area contributed by atoms with Crippen LogP contribution in [0.1, 0.15) is 45.4 Å². The van der Waals surface area contributed by atoms with Crippen LogP contribution in [0.2, 0.25) is 0 Å². The van der Waals surface area contributed by atoms with Crippen molar-refractivity contribution < 1.29 is 9.53 Å². The number of hydrogen-bond acceptors (Lipinski definition) is 2. The third kappa shape index (κ3) is 2.73. The maximum Gasteiger partial charge on any atom is 0.320 e. The minimum atomic E-state index is 0.270. The SMILES string of the molecule is CC1CCCN(C(=O)N2CCOC3CCCCC32)C1. The van der Waals surface area contributed by atoms with E-state index >= 15 is 0 Å². The van der Waals surface area contributed by atoms with Crippen molar-refractivity contribution in [3.8, 4) is 0 Å². The molecule has 4 nitrogen and oxygen atoms in total. The fourth-order valence-electron chi connectivity index (χ4n) is 3.88. The van der Waals surface area contributed by atoms with Gasteiger partial charge in [-0.25, -0.2) is 4.79 Å². The average molecular weight is 266 g/mol. The van der Waals surface area contributed by atoms with Crippen LogP contribution in [0.5, 0.6) is 0 Å². The topological polar surface area (TPSA) is 32.8 Å². The largest absolute Gasteiger partial charge is 0.374 e. The van der Waals surface area contributed by atoms with E-state index in [1.807, 2.05) is 0 Å². The molecule has 2 aliphatic heterocycles. The molecule has 108 valence electrons. The van der Waals surface area contributed by atoms with Crippen molar-refractivity contribution in [3.05, 3.63) is 0 Å². The number of rotatable bonds is 0. The lowest BCUT2D eigenvalue weighted by atomic mass is 9.90. The first-order chi connectivity index (χ1) is 9.25.